The van der Waals surface area contributed by atoms with Gasteiger partial charge in [-0.3, -0.25) is 14.5 Å². The second-order valence-electron chi connectivity index (χ2n) is 12.3. The lowest BCUT2D eigenvalue weighted by Crippen LogP contribution is -2.61. The van der Waals surface area contributed by atoms with Crippen LogP contribution in [0.5, 0.6) is 0 Å². The van der Waals surface area contributed by atoms with Gasteiger partial charge in [-0.05, 0) is 71.1 Å². The van der Waals surface area contributed by atoms with E-state index < -0.39 is 35.4 Å². The van der Waals surface area contributed by atoms with Gasteiger partial charge in [-0.1, -0.05) is 19.1 Å². The molecule has 4 rings (SSSR count). The molecule has 2 bridgehead atoms. The molecule has 1 aromatic rings. The largest absolute Gasteiger partial charge is 0.444 e. The first-order chi connectivity index (χ1) is 17.7. The quantitative estimate of drug-likeness (QED) is 0.610. The Morgan fingerprint density at radius 3 is 2.39 bits per heavy atom. The van der Waals surface area contributed by atoms with E-state index in [1.54, 1.807) is 32.9 Å². The van der Waals surface area contributed by atoms with Crippen LogP contribution in [0.3, 0.4) is 0 Å². The zero-order chi connectivity index (χ0) is 28.0. The van der Waals surface area contributed by atoms with Gasteiger partial charge in [-0.15, -0.1) is 0 Å². The van der Waals surface area contributed by atoms with Crippen molar-refractivity contribution in [2.24, 2.45) is 5.92 Å². The zero-order valence-corrected chi connectivity index (χ0v) is 23.0. The average Bonchev–Trinajstić information content (AvgIpc) is 3.49. The average molecular weight is 528 g/mol. The van der Waals surface area contributed by atoms with Gasteiger partial charge >= 0.3 is 6.09 Å². The minimum Gasteiger partial charge on any atom is -0.444 e. The maximum absolute atomic E-state index is 13.6. The molecule has 3 heterocycles. The topological polar surface area (TPSA) is 106 Å². The summed E-state index contributed by atoms with van der Waals surface area (Å²) in [4.78, 5) is 45.2. The lowest BCUT2D eigenvalue weighted by atomic mass is 9.91. The van der Waals surface area contributed by atoms with Crippen molar-refractivity contribution in [1.29, 1.82) is 5.26 Å². The lowest BCUT2D eigenvalue weighted by Gasteiger charge is -2.44. The molecule has 5 atom stereocenters. The second kappa shape index (κ2) is 10.2. The van der Waals surface area contributed by atoms with Crippen molar-refractivity contribution in [2.75, 3.05) is 19.6 Å². The minimum atomic E-state index is -0.961. The van der Waals surface area contributed by atoms with Gasteiger partial charge in [0.2, 0.25) is 11.8 Å². The second-order valence-corrected chi connectivity index (χ2v) is 12.3. The molecule has 5 unspecified atom stereocenters. The number of likely N-dealkylation sites (tertiary alicyclic amines) is 3. The van der Waals surface area contributed by atoms with Crippen LogP contribution in [0.25, 0.3) is 0 Å². The third-order valence-electron chi connectivity index (χ3n) is 7.77. The fourth-order valence-corrected chi connectivity index (χ4v) is 6.08. The summed E-state index contributed by atoms with van der Waals surface area (Å²) in [5.74, 6) is -0.546. The monoisotopic (exact) mass is 527 g/mol. The number of hydrogen-bond acceptors (Lipinski definition) is 6. The Hall–Kier alpha value is -3.19. The number of nitrogens with one attached hydrogen (secondary N) is 1. The predicted octanol–water partition coefficient (Wildman–Crippen LogP) is 3.00. The van der Waals surface area contributed by atoms with E-state index >= 15 is 0 Å². The van der Waals surface area contributed by atoms with Crippen molar-refractivity contribution < 1.29 is 23.5 Å². The van der Waals surface area contributed by atoms with Crippen LogP contribution in [0.2, 0.25) is 0 Å². The van der Waals surface area contributed by atoms with E-state index in [0.717, 1.165) is 5.56 Å². The highest BCUT2D eigenvalue weighted by atomic mass is 19.1. The number of fused-ring (bicyclic) bond motifs is 2. The van der Waals surface area contributed by atoms with Crippen LogP contribution in [0.15, 0.2) is 24.3 Å². The third kappa shape index (κ3) is 5.48. The molecule has 3 aliphatic heterocycles. The van der Waals surface area contributed by atoms with Gasteiger partial charge in [0.1, 0.15) is 23.5 Å². The van der Waals surface area contributed by atoms with Crippen LogP contribution in [-0.2, 0) is 19.9 Å². The summed E-state index contributed by atoms with van der Waals surface area (Å²) < 4.78 is 18.9. The molecule has 3 saturated heterocycles. The maximum Gasteiger partial charge on any atom is 0.408 e. The number of carbonyl (C=O) groups is 3. The van der Waals surface area contributed by atoms with Crippen LogP contribution >= 0.6 is 0 Å². The summed E-state index contributed by atoms with van der Waals surface area (Å²) in [6.45, 7) is 12.2. The molecule has 0 saturated carbocycles. The fraction of sp³-hybridized carbons (Fsp3) is 0.643. The SMILES string of the molecule is CC1CC(C#N)N(C(=O)C(CN2CC3CC2C(=O)N3C(C)(C)c2ccc(F)cc2)NC(=O)OC(C)(C)C)C1. The predicted molar refractivity (Wildman–Crippen MR) is 138 cm³/mol. The van der Waals surface area contributed by atoms with E-state index in [9.17, 15) is 24.0 Å². The highest BCUT2D eigenvalue weighted by Gasteiger charge is 2.55. The van der Waals surface area contributed by atoms with E-state index in [4.69, 9.17) is 4.74 Å². The number of ether oxygens (including phenoxy) is 1. The van der Waals surface area contributed by atoms with Gasteiger partial charge in [0.25, 0.3) is 0 Å². The lowest BCUT2D eigenvalue weighted by molar-refractivity contribution is -0.144. The number of piperazine rings is 1. The van der Waals surface area contributed by atoms with Crippen molar-refractivity contribution in [3.8, 4) is 6.07 Å². The molecule has 10 heteroatoms. The van der Waals surface area contributed by atoms with Gasteiger partial charge in [-0.2, -0.15) is 5.26 Å². The molecule has 3 fully saturated rings. The van der Waals surface area contributed by atoms with Gasteiger partial charge in [0, 0.05) is 25.7 Å². The number of alkyl carbamates (subject to hydrolysis) is 1. The smallest absolute Gasteiger partial charge is 0.408 e. The third-order valence-corrected chi connectivity index (χ3v) is 7.77. The number of nitrogens with zero attached hydrogens (tertiary/aromatic N) is 4. The molecule has 0 aromatic heterocycles. The number of benzene rings is 1. The van der Waals surface area contributed by atoms with Crippen molar-refractivity contribution in [2.45, 2.75) is 89.7 Å². The molecular formula is C28H38FN5O4. The van der Waals surface area contributed by atoms with E-state index in [-0.39, 0.29) is 36.1 Å². The molecule has 9 nitrogen and oxygen atoms in total. The summed E-state index contributed by atoms with van der Waals surface area (Å²) in [5, 5.41) is 12.3. The summed E-state index contributed by atoms with van der Waals surface area (Å²) in [5.41, 5.74) is -0.535. The highest BCUT2D eigenvalue weighted by Crippen LogP contribution is 2.41. The molecule has 3 amide bonds. The fourth-order valence-electron chi connectivity index (χ4n) is 6.08. The summed E-state index contributed by atoms with van der Waals surface area (Å²) >= 11 is 0. The molecule has 1 N–H and O–H groups in total. The van der Waals surface area contributed by atoms with Crippen LogP contribution < -0.4 is 5.32 Å². The molecule has 0 aliphatic carbocycles. The highest BCUT2D eigenvalue weighted by molar-refractivity contribution is 5.88. The van der Waals surface area contributed by atoms with Crippen molar-refractivity contribution in [1.82, 2.24) is 20.0 Å². The van der Waals surface area contributed by atoms with E-state index in [1.165, 1.54) is 17.0 Å². The molecule has 0 spiro atoms. The summed E-state index contributed by atoms with van der Waals surface area (Å²) in [6, 6.07) is 6.38. The zero-order valence-electron chi connectivity index (χ0n) is 23.0. The van der Waals surface area contributed by atoms with Crippen LogP contribution in [0, 0.1) is 23.1 Å². The summed E-state index contributed by atoms with van der Waals surface area (Å²) in [6.07, 6.45) is 0.478. The molecule has 206 valence electrons. The van der Waals surface area contributed by atoms with E-state index in [1.807, 2.05) is 30.6 Å². The van der Waals surface area contributed by atoms with Crippen molar-refractivity contribution in [3.05, 3.63) is 35.6 Å². The first kappa shape index (κ1) is 27.8. The van der Waals surface area contributed by atoms with Crippen LogP contribution in [-0.4, -0.2) is 82.0 Å². The Bertz CT molecular complexity index is 1130. The van der Waals surface area contributed by atoms with E-state index in [0.29, 0.717) is 25.9 Å². The Labute approximate surface area is 223 Å². The normalized spacial score (nSPS) is 26.4. The first-order valence-corrected chi connectivity index (χ1v) is 13.2. The van der Waals surface area contributed by atoms with E-state index in [2.05, 4.69) is 11.4 Å². The van der Waals surface area contributed by atoms with Crippen molar-refractivity contribution in [3.63, 3.8) is 0 Å². The number of halogens is 1. The molecule has 0 radical (unpaired) electrons. The number of hydrogen-bond donors (Lipinski definition) is 1. The standard InChI is InChI=1S/C28H38FN5O4/c1-17-11-20(13-30)33(14-17)24(35)22(31-26(37)38-27(2,3)4)16-32-15-21-12-23(32)25(36)34(21)28(5,6)18-7-9-19(29)10-8-18/h7-10,17,20-23H,11-12,14-16H2,1-6H3,(H,31,37). The molecular weight excluding hydrogens is 489 g/mol. The molecule has 3 aliphatic rings. The number of amides is 3. The number of carbonyl (C=O) groups excluding carboxylic acids is 3. The van der Waals surface area contributed by atoms with Gasteiger partial charge in [0.05, 0.1) is 17.6 Å². The van der Waals surface area contributed by atoms with Crippen molar-refractivity contribution >= 4 is 17.9 Å². The van der Waals surface area contributed by atoms with Crippen LogP contribution in [0.1, 0.15) is 59.9 Å². The molecule has 1 aromatic carbocycles. The maximum atomic E-state index is 13.6. The molecule has 38 heavy (non-hydrogen) atoms. The minimum absolute atomic E-state index is 0.0521. The summed E-state index contributed by atoms with van der Waals surface area (Å²) in [7, 11) is 0. The van der Waals surface area contributed by atoms with Gasteiger partial charge in [-0.25, -0.2) is 9.18 Å². The Kier molecular flexibility index (Phi) is 7.45. The number of nitriles is 1. The Balaban J connectivity index is 1.51. The van der Waals surface area contributed by atoms with Gasteiger partial charge < -0.3 is 19.9 Å². The van der Waals surface area contributed by atoms with Gasteiger partial charge in [0.15, 0.2) is 0 Å². The Morgan fingerprint density at radius 2 is 1.82 bits per heavy atom. The Morgan fingerprint density at radius 1 is 1.16 bits per heavy atom. The first-order valence-electron chi connectivity index (χ1n) is 13.2. The number of rotatable bonds is 6. The van der Waals surface area contributed by atoms with Crippen LogP contribution in [0.4, 0.5) is 9.18 Å².